The van der Waals surface area contributed by atoms with Crippen LogP contribution in [0.3, 0.4) is 0 Å². The fraction of sp³-hybridized carbons (Fsp3) is 0.647. The second-order valence-electron chi connectivity index (χ2n) is 5.67. The molecule has 0 heterocycles. The number of halogens is 1. The number of rotatable bonds is 6. The minimum absolute atomic E-state index is 0.00956. The van der Waals surface area contributed by atoms with Crippen LogP contribution in [0.4, 0.5) is 0 Å². The molecule has 0 bridgehead atoms. The van der Waals surface area contributed by atoms with Gasteiger partial charge in [-0.05, 0) is 32.9 Å². The lowest BCUT2D eigenvalue weighted by Crippen LogP contribution is -2.35. The van der Waals surface area contributed by atoms with Crippen LogP contribution in [0.15, 0.2) is 24.3 Å². The summed E-state index contributed by atoms with van der Waals surface area (Å²) in [6.07, 6.45) is 6.73. The molecule has 0 saturated heterocycles. The molecule has 0 radical (unpaired) electrons. The zero-order valence-electron chi connectivity index (χ0n) is 12.6. The van der Waals surface area contributed by atoms with Crippen LogP contribution in [-0.2, 0) is 0 Å². The minimum Gasteiger partial charge on any atom is -0.494 e. The van der Waals surface area contributed by atoms with Gasteiger partial charge in [-0.2, -0.15) is 0 Å². The molecule has 1 fully saturated rings. The smallest absolute Gasteiger partial charge is 0.124 e. The van der Waals surface area contributed by atoms with E-state index in [1.54, 1.807) is 0 Å². The molecule has 1 aromatic rings. The quantitative estimate of drug-likeness (QED) is 0.710. The average Bonchev–Trinajstić information content (AvgIpc) is 2.49. The predicted molar refractivity (Wildman–Crippen MR) is 85.7 cm³/mol. The third-order valence-corrected chi connectivity index (χ3v) is 4.58. The Hall–Kier alpha value is -0.730. The summed E-state index contributed by atoms with van der Waals surface area (Å²) in [5.74, 6) is 0.923. The highest BCUT2D eigenvalue weighted by molar-refractivity contribution is 6.21. The van der Waals surface area contributed by atoms with Crippen molar-refractivity contribution in [2.75, 3.05) is 20.2 Å². The van der Waals surface area contributed by atoms with Crippen molar-refractivity contribution in [3.8, 4) is 5.75 Å². The zero-order valence-corrected chi connectivity index (χ0v) is 13.4. The molecule has 1 unspecified atom stereocenters. The van der Waals surface area contributed by atoms with Gasteiger partial charge in [0.05, 0.1) is 12.0 Å². The first-order chi connectivity index (χ1) is 9.72. The van der Waals surface area contributed by atoms with E-state index in [1.165, 1.54) is 32.1 Å². The average molecular weight is 296 g/mol. The summed E-state index contributed by atoms with van der Waals surface area (Å²) in [7, 11) is 2.20. The molecule has 2 nitrogen and oxygen atoms in total. The topological polar surface area (TPSA) is 12.5 Å². The summed E-state index contributed by atoms with van der Waals surface area (Å²) >= 11 is 6.64. The van der Waals surface area contributed by atoms with Crippen molar-refractivity contribution in [3.05, 3.63) is 29.8 Å². The van der Waals surface area contributed by atoms with Crippen LogP contribution in [0.1, 0.15) is 50.0 Å². The Bertz CT molecular complexity index is 404. The van der Waals surface area contributed by atoms with Gasteiger partial charge >= 0.3 is 0 Å². The molecule has 0 aromatic heterocycles. The fourth-order valence-corrected chi connectivity index (χ4v) is 3.45. The number of para-hydroxylation sites is 1. The molecule has 20 heavy (non-hydrogen) atoms. The van der Waals surface area contributed by atoms with Crippen LogP contribution in [0.5, 0.6) is 5.75 Å². The molecule has 3 heteroatoms. The van der Waals surface area contributed by atoms with E-state index < -0.39 is 0 Å². The molecule has 1 aliphatic carbocycles. The number of nitrogens with zero attached hydrogens (tertiary/aromatic N) is 1. The SMILES string of the molecule is CCOc1ccccc1C(Cl)CN(C)C1CCCCC1. The van der Waals surface area contributed by atoms with E-state index in [4.69, 9.17) is 16.3 Å². The first-order valence-corrected chi connectivity index (χ1v) is 8.22. The van der Waals surface area contributed by atoms with E-state index in [0.29, 0.717) is 12.6 Å². The standard InChI is InChI=1S/C17H26ClNO/c1-3-20-17-12-8-7-11-15(17)16(18)13-19(2)14-9-5-4-6-10-14/h7-8,11-12,14,16H,3-6,9-10,13H2,1-2H3. The van der Waals surface area contributed by atoms with Gasteiger partial charge < -0.3 is 9.64 Å². The van der Waals surface area contributed by atoms with E-state index in [0.717, 1.165) is 17.9 Å². The van der Waals surface area contributed by atoms with Gasteiger partial charge in [-0.3, -0.25) is 0 Å². The molecule has 1 aromatic carbocycles. The van der Waals surface area contributed by atoms with Crippen molar-refractivity contribution in [1.82, 2.24) is 4.90 Å². The van der Waals surface area contributed by atoms with Crippen molar-refractivity contribution >= 4 is 11.6 Å². The number of hydrogen-bond donors (Lipinski definition) is 0. The lowest BCUT2D eigenvalue weighted by molar-refractivity contribution is 0.191. The van der Waals surface area contributed by atoms with Gasteiger partial charge in [0.2, 0.25) is 0 Å². The first kappa shape index (κ1) is 15.7. The van der Waals surface area contributed by atoms with E-state index >= 15 is 0 Å². The second kappa shape index (κ2) is 7.90. The monoisotopic (exact) mass is 295 g/mol. The molecule has 2 rings (SSSR count). The molecule has 0 amide bonds. The van der Waals surface area contributed by atoms with E-state index in [9.17, 15) is 0 Å². The molecular weight excluding hydrogens is 270 g/mol. The normalized spacial score (nSPS) is 18.2. The molecule has 112 valence electrons. The fourth-order valence-electron chi connectivity index (χ4n) is 3.05. The highest BCUT2D eigenvalue weighted by atomic mass is 35.5. The van der Waals surface area contributed by atoms with Gasteiger partial charge in [-0.1, -0.05) is 37.5 Å². The maximum absolute atomic E-state index is 6.64. The van der Waals surface area contributed by atoms with E-state index in [1.807, 2.05) is 25.1 Å². The second-order valence-corrected chi connectivity index (χ2v) is 6.20. The van der Waals surface area contributed by atoms with E-state index in [2.05, 4.69) is 18.0 Å². The van der Waals surface area contributed by atoms with Crippen LogP contribution in [0.25, 0.3) is 0 Å². The maximum atomic E-state index is 6.64. The van der Waals surface area contributed by atoms with Gasteiger partial charge in [-0.25, -0.2) is 0 Å². The van der Waals surface area contributed by atoms with Gasteiger partial charge in [0.15, 0.2) is 0 Å². The summed E-state index contributed by atoms with van der Waals surface area (Å²) in [4.78, 5) is 2.43. The molecule has 1 aliphatic rings. The van der Waals surface area contributed by atoms with Crippen LogP contribution in [-0.4, -0.2) is 31.1 Å². The Balaban J connectivity index is 1.98. The molecule has 1 atom stereocenters. The third-order valence-electron chi connectivity index (χ3n) is 4.20. The third kappa shape index (κ3) is 4.13. The Labute approximate surface area is 128 Å². The Kier molecular flexibility index (Phi) is 6.18. The molecule has 0 N–H and O–H groups in total. The Morgan fingerprint density at radius 3 is 2.65 bits per heavy atom. The summed E-state index contributed by atoms with van der Waals surface area (Å²) in [6.45, 7) is 3.57. The largest absolute Gasteiger partial charge is 0.494 e. The van der Waals surface area contributed by atoms with Crippen molar-refractivity contribution in [1.29, 1.82) is 0 Å². The van der Waals surface area contributed by atoms with Crippen LogP contribution >= 0.6 is 11.6 Å². The summed E-state index contributed by atoms with van der Waals surface area (Å²) in [5.41, 5.74) is 1.11. The highest BCUT2D eigenvalue weighted by Gasteiger charge is 2.22. The van der Waals surface area contributed by atoms with Gasteiger partial charge in [0.1, 0.15) is 5.75 Å². The lowest BCUT2D eigenvalue weighted by Gasteiger charge is -2.32. The van der Waals surface area contributed by atoms with Crippen molar-refractivity contribution in [3.63, 3.8) is 0 Å². The Morgan fingerprint density at radius 2 is 1.95 bits per heavy atom. The number of hydrogen-bond acceptors (Lipinski definition) is 2. The Morgan fingerprint density at radius 1 is 1.25 bits per heavy atom. The van der Waals surface area contributed by atoms with Crippen LogP contribution in [0.2, 0.25) is 0 Å². The molecular formula is C17H26ClNO. The first-order valence-electron chi connectivity index (χ1n) is 7.78. The van der Waals surface area contributed by atoms with Crippen molar-refractivity contribution < 1.29 is 4.74 Å². The van der Waals surface area contributed by atoms with Crippen molar-refractivity contribution in [2.45, 2.75) is 50.4 Å². The van der Waals surface area contributed by atoms with E-state index in [-0.39, 0.29) is 5.38 Å². The zero-order chi connectivity index (χ0) is 14.4. The number of alkyl halides is 1. The minimum atomic E-state index is -0.00956. The highest BCUT2D eigenvalue weighted by Crippen LogP contribution is 2.31. The van der Waals surface area contributed by atoms with Crippen molar-refractivity contribution in [2.24, 2.45) is 0 Å². The predicted octanol–water partition coefficient (Wildman–Crippen LogP) is 4.63. The van der Waals surface area contributed by atoms with Gasteiger partial charge in [0, 0.05) is 18.2 Å². The summed E-state index contributed by atoms with van der Waals surface area (Å²) < 4.78 is 5.68. The van der Waals surface area contributed by atoms with Gasteiger partial charge in [0.25, 0.3) is 0 Å². The lowest BCUT2D eigenvalue weighted by atomic mass is 9.94. The number of ether oxygens (including phenoxy) is 1. The number of benzene rings is 1. The van der Waals surface area contributed by atoms with Gasteiger partial charge in [-0.15, -0.1) is 11.6 Å². The molecule has 1 saturated carbocycles. The number of likely N-dealkylation sites (N-methyl/N-ethyl adjacent to an activating group) is 1. The molecule has 0 spiro atoms. The maximum Gasteiger partial charge on any atom is 0.124 e. The van der Waals surface area contributed by atoms with Crippen LogP contribution in [0, 0.1) is 0 Å². The summed E-state index contributed by atoms with van der Waals surface area (Å²) in [6, 6.07) is 8.83. The molecule has 0 aliphatic heterocycles. The van der Waals surface area contributed by atoms with Crippen LogP contribution < -0.4 is 4.74 Å². The summed E-state index contributed by atoms with van der Waals surface area (Å²) in [5, 5.41) is -0.00956.